The zero-order valence-corrected chi connectivity index (χ0v) is 20.4. The maximum atomic E-state index is 15.0. The monoisotopic (exact) mass is 524 g/mol. The number of imidazole rings is 1. The lowest BCUT2D eigenvalue weighted by Gasteiger charge is -2.39. The lowest BCUT2D eigenvalue weighted by molar-refractivity contribution is 0.0950. The number of hydrogen-bond acceptors (Lipinski definition) is 9. The number of aromatic nitrogens is 4. The Morgan fingerprint density at radius 1 is 1.30 bits per heavy atom. The molecule has 1 aromatic carbocycles. The maximum absolute atomic E-state index is 15.0. The Bertz CT molecular complexity index is 1460. The molecule has 190 valence electrons. The highest BCUT2D eigenvalue weighted by Crippen LogP contribution is 2.38. The van der Waals surface area contributed by atoms with Gasteiger partial charge in [0.15, 0.2) is 17.2 Å². The number of alkyl halides is 1. The van der Waals surface area contributed by atoms with E-state index in [2.05, 4.69) is 31.8 Å². The van der Waals surface area contributed by atoms with Gasteiger partial charge >= 0.3 is 6.09 Å². The van der Waals surface area contributed by atoms with Crippen LogP contribution in [0.1, 0.15) is 30.5 Å². The number of nitrogens with one attached hydrogen (secondary N) is 2. The first kappa shape index (κ1) is 24.3. The number of fused-ring (bicyclic) bond motifs is 1. The Morgan fingerprint density at radius 3 is 2.73 bits per heavy atom. The van der Waals surface area contributed by atoms with Gasteiger partial charge in [0.2, 0.25) is 5.95 Å². The number of carboxylic acid groups (broad SMARTS) is 1. The van der Waals surface area contributed by atoms with E-state index < -0.39 is 18.3 Å². The van der Waals surface area contributed by atoms with Crippen molar-refractivity contribution < 1.29 is 14.3 Å². The normalized spacial score (nSPS) is 19.2. The van der Waals surface area contributed by atoms with Crippen molar-refractivity contribution in [1.82, 2.24) is 24.5 Å². The van der Waals surface area contributed by atoms with Crippen molar-refractivity contribution in [2.75, 3.05) is 35.7 Å². The molecular weight excluding hydrogens is 503 g/mol. The van der Waals surface area contributed by atoms with Gasteiger partial charge in [-0.3, -0.25) is 0 Å². The quantitative estimate of drug-likeness (QED) is 0.436. The minimum Gasteiger partial charge on any atom is -0.465 e. The molecule has 12 nitrogen and oxygen atoms in total. The van der Waals surface area contributed by atoms with E-state index in [4.69, 9.17) is 11.6 Å². The number of benzene rings is 1. The molecule has 0 unspecified atom stereocenters. The fourth-order valence-corrected chi connectivity index (χ4v) is 4.61. The summed E-state index contributed by atoms with van der Waals surface area (Å²) in [6, 6.07) is 6.72. The summed E-state index contributed by atoms with van der Waals surface area (Å²) in [5.41, 5.74) is 1.67. The number of nitriles is 2. The molecule has 0 spiro atoms. The van der Waals surface area contributed by atoms with Crippen LogP contribution in [0.2, 0.25) is 5.02 Å². The minimum absolute atomic E-state index is 0.0885. The average molecular weight is 525 g/mol. The van der Waals surface area contributed by atoms with Gasteiger partial charge < -0.3 is 25.5 Å². The standard InChI is InChI=1S/C23H22ClFN10O2/c1-33(23(36)37)17-4-5-34(11-15(17)25)18-7-12(8-26)6-16(19(18)24)30-22-31-20(29-13-2-3-13)21-28-10-14(9-27)35(21)32-22/h6-7,10,13,15,17H,2-5,11H2,1H3,(H,36,37)(H2,29,30,31,32)/t15-,17+/m1/s1. The summed E-state index contributed by atoms with van der Waals surface area (Å²) < 4.78 is 16.3. The minimum atomic E-state index is -1.44. The SMILES string of the molecule is CN(C(=O)O)[C@H]1CCN(c2cc(C#N)cc(Nc3nc(NC4CC4)c4ncc(C#N)n4n3)c2Cl)C[C@H]1F. The zero-order valence-electron chi connectivity index (χ0n) is 19.7. The Kier molecular flexibility index (Phi) is 6.31. The lowest BCUT2D eigenvalue weighted by atomic mass is 10.0. The molecule has 3 aromatic rings. The van der Waals surface area contributed by atoms with Crippen LogP contribution in [0.15, 0.2) is 18.3 Å². The van der Waals surface area contributed by atoms with E-state index in [-0.39, 0.29) is 41.2 Å². The van der Waals surface area contributed by atoms with Gasteiger partial charge in [-0.2, -0.15) is 20.0 Å². The highest BCUT2D eigenvalue weighted by atomic mass is 35.5. The molecule has 14 heteroatoms. The summed E-state index contributed by atoms with van der Waals surface area (Å²) in [6.07, 6.45) is 1.03. The molecule has 1 amide bonds. The molecule has 1 saturated heterocycles. The van der Waals surface area contributed by atoms with Crippen molar-refractivity contribution in [2.45, 2.75) is 37.5 Å². The molecule has 3 heterocycles. The van der Waals surface area contributed by atoms with Crippen molar-refractivity contribution in [3.05, 3.63) is 34.6 Å². The van der Waals surface area contributed by atoms with Crippen LogP contribution in [-0.2, 0) is 0 Å². The molecule has 2 atom stereocenters. The third-order valence-corrected chi connectivity index (χ3v) is 6.87. The molecule has 2 fully saturated rings. The number of hydrogen-bond donors (Lipinski definition) is 3. The number of nitrogens with zero attached hydrogens (tertiary/aromatic N) is 8. The molecule has 1 aliphatic carbocycles. The highest BCUT2D eigenvalue weighted by molar-refractivity contribution is 6.36. The maximum Gasteiger partial charge on any atom is 0.407 e. The smallest absolute Gasteiger partial charge is 0.407 e. The fraction of sp³-hybridized carbons (Fsp3) is 0.391. The van der Waals surface area contributed by atoms with Crippen molar-refractivity contribution in [3.8, 4) is 12.1 Å². The van der Waals surface area contributed by atoms with Gasteiger partial charge in [0, 0.05) is 19.6 Å². The predicted octanol–water partition coefficient (Wildman–Crippen LogP) is 3.37. The van der Waals surface area contributed by atoms with Gasteiger partial charge in [-0.15, -0.1) is 5.10 Å². The van der Waals surface area contributed by atoms with Crippen LogP contribution in [0.3, 0.4) is 0 Å². The van der Waals surface area contributed by atoms with Crippen molar-refractivity contribution in [2.24, 2.45) is 0 Å². The first-order valence-corrected chi connectivity index (χ1v) is 11.9. The highest BCUT2D eigenvalue weighted by Gasteiger charge is 2.35. The molecule has 1 saturated carbocycles. The summed E-state index contributed by atoms with van der Waals surface area (Å²) in [4.78, 5) is 22.7. The number of rotatable bonds is 6. The average Bonchev–Trinajstić information content (AvgIpc) is 3.60. The molecule has 0 bridgehead atoms. The van der Waals surface area contributed by atoms with Gasteiger partial charge in [-0.25, -0.2) is 14.2 Å². The third-order valence-electron chi connectivity index (χ3n) is 6.47. The fourth-order valence-electron chi connectivity index (χ4n) is 4.33. The van der Waals surface area contributed by atoms with Crippen LogP contribution in [0.25, 0.3) is 5.65 Å². The molecule has 2 aromatic heterocycles. The first-order valence-electron chi connectivity index (χ1n) is 11.6. The molecule has 5 rings (SSSR count). The van der Waals surface area contributed by atoms with E-state index in [9.17, 15) is 24.8 Å². The summed E-state index contributed by atoms with van der Waals surface area (Å²) in [7, 11) is 1.35. The number of halogens is 2. The first-order chi connectivity index (χ1) is 17.8. The summed E-state index contributed by atoms with van der Waals surface area (Å²) >= 11 is 6.72. The summed E-state index contributed by atoms with van der Waals surface area (Å²) in [5.74, 6) is 0.581. The molecular formula is C23H22ClFN10O2. The third kappa shape index (κ3) is 4.73. The van der Waals surface area contributed by atoms with Crippen molar-refractivity contribution in [1.29, 1.82) is 10.5 Å². The Balaban J connectivity index is 1.47. The number of piperidine rings is 1. The number of carbonyl (C=O) groups is 1. The van der Waals surface area contributed by atoms with Gasteiger partial charge in [-0.1, -0.05) is 11.6 Å². The number of anilines is 4. The number of amides is 1. The van der Waals surface area contributed by atoms with Gasteiger partial charge in [0.05, 0.1) is 46.8 Å². The van der Waals surface area contributed by atoms with Crippen LogP contribution in [0, 0.1) is 22.7 Å². The van der Waals surface area contributed by atoms with Crippen molar-refractivity contribution in [3.63, 3.8) is 0 Å². The van der Waals surface area contributed by atoms with Crippen LogP contribution in [-0.4, -0.2) is 74.1 Å². The molecule has 1 aliphatic heterocycles. The predicted molar refractivity (Wildman–Crippen MR) is 133 cm³/mol. The van der Waals surface area contributed by atoms with Crippen LogP contribution in [0.4, 0.5) is 32.3 Å². The topological polar surface area (TPSA) is 158 Å². The molecule has 2 aliphatic rings. The van der Waals surface area contributed by atoms with E-state index >= 15 is 0 Å². The molecule has 3 N–H and O–H groups in total. The van der Waals surface area contributed by atoms with E-state index in [0.717, 1.165) is 17.7 Å². The second-order valence-electron chi connectivity index (χ2n) is 9.00. The van der Waals surface area contributed by atoms with Gasteiger partial charge in [0.1, 0.15) is 12.2 Å². The Hall–Kier alpha value is -4.36. The molecule has 37 heavy (non-hydrogen) atoms. The van der Waals surface area contributed by atoms with Crippen molar-refractivity contribution >= 4 is 46.5 Å². The lowest BCUT2D eigenvalue weighted by Crippen LogP contribution is -2.52. The summed E-state index contributed by atoms with van der Waals surface area (Å²) in [5, 5.41) is 39.2. The zero-order chi connectivity index (χ0) is 26.3. The van der Waals surface area contributed by atoms with Crippen LogP contribution in [0.5, 0.6) is 0 Å². The van der Waals surface area contributed by atoms with Gasteiger partial charge in [-0.05, 0) is 31.4 Å². The Morgan fingerprint density at radius 2 is 2.08 bits per heavy atom. The Labute approximate surface area is 215 Å². The van der Waals surface area contributed by atoms with Crippen LogP contribution >= 0.6 is 11.6 Å². The summed E-state index contributed by atoms with van der Waals surface area (Å²) in [6.45, 7) is 0.254. The van der Waals surface area contributed by atoms with E-state index in [1.54, 1.807) is 11.0 Å². The largest absolute Gasteiger partial charge is 0.465 e. The second-order valence-corrected chi connectivity index (χ2v) is 9.38. The van der Waals surface area contributed by atoms with E-state index in [1.165, 1.54) is 23.8 Å². The van der Waals surface area contributed by atoms with E-state index in [1.807, 2.05) is 6.07 Å². The van der Waals surface area contributed by atoms with E-state index in [0.29, 0.717) is 29.4 Å². The van der Waals surface area contributed by atoms with Gasteiger partial charge in [0.25, 0.3) is 0 Å². The second kappa shape index (κ2) is 9.59. The molecule has 0 radical (unpaired) electrons. The van der Waals surface area contributed by atoms with Crippen LogP contribution < -0.4 is 15.5 Å².